The van der Waals surface area contributed by atoms with E-state index < -0.39 is 12.1 Å². The first-order valence-electron chi connectivity index (χ1n) is 3.87. The van der Waals surface area contributed by atoms with E-state index in [1.807, 2.05) is 0 Å². The Balaban J connectivity index is 0.00000144. The van der Waals surface area contributed by atoms with Crippen LogP contribution in [0.1, 0.15) is 6.42 Å². The third-order valence-electron chi connectivity index (χ3n) is 1.82. The minimum Gasteiger partial charge on any atom is -0.466 e. The molecular weight excluding hydrogens is 197 g/mol. The van der Waals surface area contributed by atoms with Gasteiger partial charge in [-0.1, -0.05) is 0 Å². The van der Waals surface area contributed by atoms with Gasteiger partial charge >= 0.3 is 5.97 Å². The van der Waals surface area contributed by atoms with Crippen LogP contribution < -0.4 is 5.32 Å². The van der Waals surface area contributed by atoms with Gasteiger partial charge in [-0.15, -0.1) is 12.4 Å². The molecule has 13 heavy (non-hydrogen) atoms. The molecule has 1 fully saturated rings. The molecule has 0 aliphatic carbocycles. The number of piperidine rings is 1. The van der Waals surface area contributed by atoms with Crippen molar-refractivity contribution in [2.24, 2.45) is 0 Å². The van der Waals surface area contributed by atoms with Crippen LogP contribution in [0.15, 0.2) is 11.6 Å². The Hall–Kier alpha value is -0.610. The average Bonchev–Trinajstić information content (AvgIpc) is 2.09. The topological polar surface area (TPSA) is 38.3 Å². The monoisotopic (exact) mass is 209 g/mol. The van der Waals surface area contributed by atoms with Crippen molar-refractivity contribution in [3.63, 3.8) is 0 Å². The Morgan fingerprint density at radius 3 is 3.00 bits per heavy atom. The zero-order chi connectivity index (χ0) is 8.97. The zero-order valence-electron chi connectivity index (χ0n) is 7.38. The first-order valence-corrected chi connectivity index (χ1v) is 3.87. The first-order chi connectivity index (χ1) is 5.74. The summed E-state index contributed by atoms with van der Waals surface area (Å²) in [6, 6.07) is 0. The van der Waals surface area contributed by atoms with Crippen LogP contribution in [0.4, 0.5) is 4.39 Å². The molecule has 0 bridgehead atoms. The molecule has 1 N–H and O–H groups in total. The lowest BCUT2D eigenvalue weighted by Crippen LogP contribution is -2.33. The Morgan fingerprint density at radius 2 is 2.46 bits per heavy atom. The minimum atomic E-state index is -1.04. The Bertz CT molecular complexity index is 208. The highest BCUT2D eigenvalue weighted by Gasteiger charge is 2.18. The summed E-state index contributed by atoms with van der Waals surface area (Å²) in [6.07, 6.45) is 0.778. The van der Waals surface area contributed by atoms with Crippen LogP contribution in [0, 0.1) is 0 Å². The van der Waals surface area contributed by atoms with Crippen LogP contribution in [-0.4, -0.2) is 32.3 Å². The van der Waals surface area contributed by atoms with Gasteiger partial charge in [0.2, 0.25) is 0 Å². The fourth-order valence-corrected chi connectivity index (χ4v) is 1.12. The molecule has 76 valence electrons. The van der Waals surface area contributed by atoms with Gasteiger partial charge in [0.25, 0.3) is 0 Å². The molecule has 0 aromatic heterocycles. The second-order valence-electron chi connectivity index (χ2n) is 2.66. The molecule has 0 radical (unpaired) electrons. The first kappa shape index (κ1) is 12.4. The van der Waals surface area contributed by atoms with Gasteiger partial charge in [-0.3, -0.25) is 0 Å². The van der Waals surface area contributed by atoms with E-state index in [9.17, 15) is 9.18 Å². The summed E-state index contributed by atoms with van der Waals surface area (Å²) in [5, 5.41) is 2.89. The van der Waals surface area contributed by atoms with Crippen LogP contribution in [-0.2, 0) is 9.53 Å². The molecule has 1 rings (SSSR count). The van der Waals surface area contributed by atoms with Crippen molar-refractivity contribution in [2.45, 2.75) is 12.6 Å². The summed E-state index contributed by atoms with van der Waals surface area (Å²) < 4.78 is 17.4. The number of halogens is 2. The number of alkyl halides is 1. The van der Waals surface area contributed by atoms with Crippen molar-refractivity contribution in [3.05, 3.63) is 11.6 Å². The van der Waals surface area contributed by atoms with E-state index in [1.54, 1.807) is 0 Å². The third-order valence-corrected chi connectivity index (χ3v) is 1.82. The maximum absolute atomic E-state index is 13.0. The Kier molecular flexibility index (Phi) is 5.66. The van der Waals surface area contributed by atoms with E-state index in [-0.39, 0.29) is 12.4 Å². The normalized spacial score (nSPS) is 25.1. The number of hydrogen-bond donors (Lipinski definition) is 1. The number of carbonyl (C=O) groups excluding carboxylic acids is 1. The van der Waals surface area contributed by atoms with Crippen LogP contribution in [0.3, 0.4) is 0 Å². The van der Waals surface area contributed by atoms with Gasteiger partial charge in [0.15, 0.2) is 0 Å². The van der Waals surface area contributed by atoms with Crippen molar-refractivity contribution in [3.8, 4) is 0 Å². The molecule has 0 amide bonds. The predicted octanol–water partition coefficient (Wildman–Crippen LogP) is 0.839. The zero-order valence-corrected chi connectivity index (χ0v) is 8.20. The molecule has 0 saturated carbocycles. The highest BCUT2D eigenvalue weighted by molar-refractivity contribution is 5.85. The van der Waals surface area contributed by atoms with Gasteiger partial charge in [0.05, 0.1) is 7.11 Å². The summed E-state index contributed by atoms with van der Waals surface area (Å²) in [4.78, 5) is 10.7. The molecule has 1 atom stereocenters. The fraction of sp³-hybridized carbons (Fsp3) is 0.625. The van der Waals surface area contributed by atoms with E-state index >= 15 is 0 Å². The third kappa shape index (κ3) is 3.74. The van der Waals surface area contributed by atoms with Gasteiger partial charge < -0.3 is 10.1 Å². The van der Waals surface area contributed by atoms with Gasteiger partial charge in [0, 0.05) is 12.6 Å². The van der Waals surface area contributed by atoms with E-state index in [0.29, 0.717) is 18.5 Å². The number of ether oxygens (including phenoxy) is 1. The standard InChI is InChI=1S/C8H12FNO2.ClH/c1-12-8(11)4-6-2-3-10-5-7(6)9;/h4,7,10H,2-3,5H2,1H3;1H. The van der Waals surface area contributed by atoms with E-state index in [0.717, 1.165) is 6.54 Å². The molecule has 1 heterocycles. The highest BCUT2D eigenvalue weighted by Crippen LogP contribution is 2.14. The Morgan fingerprint density at radius 1 is 1.77 bits per heavy atom. The van der Waals surface area contributed by atoms with Crippen LogP contribution in [0.5, 0.6) is 0 Å². The fourth-order valence-electron chi connectivity index (χ4n) is 1.12. The van der Waals surface area contributed by atoms with E-state index in [1.165, 1.54) is 13.2 Å². The van der Waals surface area contributed by atoms with Gasteiger partial charge in [-0.25, -0.2) is 9.18 Å². The lowest BCUT2D eigenvalue weighted by molar-refractivity contribution is -0.134. The molecule has 5 heteroatoms. The molecule has 1 aliphatic heterocycles. The molecule has 1 unspecified atom stereocenters. The molecule has 0 aromatic rings. The molecular formula is C8H13ClFNO2. The van der Waals surface area contributed by atoms with Gasteiger partial charge in [-0.2, -0.15) is 0 Å². The number of nitrogens with one attached hydrogen (secondary N) is 1. The minimum absolute atomic E-state index is 0. The molecule has 1 aliphatic rings. The number of rotatable bonds is 1. The molecule has 1 saturated heterocycles. The smallest absolute Gasteiger partial charge is 0.330 e. The largest absolute Gasteiger partial charge is 0.466 e. The summed E-state index contributed by atoms with van der Waals surface area (Å²) in [6.45, 7) is 1.02. The van der Waals surface area contributed by atoms with Crippen molar-refractivity contribution < 1.29 is 13.9 Å². The summed E-state index contributed by atoms with van der Waals surface area (Å²) in [5.74, 6) is -0.477. The lowest BCUT2D eigenvalue weighted by atomic mass is 10.0. The predicted molar refractivity (Wildman–Crippen MR) is 49.7 cm³/mol. The number of carbonyl (C=O) groups is 1. The summed E-state index contributed by atoms with van der Waals surface area (Å²) >= 11 is 0. The Labute approximate surface area is 82.7 Å². The highest BCUT2D eigenvalue weighted by atomic mass is 35.5. The average molecular weight is 210 g/mol. The number of esters is 1. The van der Waals surface area contributed by atoms with Crippen LogP contribution >= 0.6 is 12.4 Å². The van der Waals surface area contributed by atoms with E-state index in [4.69, 9.17) is 0 Å². The number of hydrogen-bond acceptors (Lipinski definition) is 3. The van der Waals surface area contributed by atoms with Crippen LogP contribution in [0.25, 0.3) is 0 Å². The maximum Gasteiger partial charge on any atom is 0.330 e. The van der Waals surface area contributed by atoms with Crippen molar-refractivity contribution in [2.75, 3.05) is 20.2 Å². The lowest BCUT2D eigenvalue weighted by Gasteiger charge is -2.19. The van der Waals surface area contributed by atoms with Gasteiger partial charge in [-0.05, 0) is 18.5 Å². The quantitative estimate of drug-likeness (QED) is 0.514. The summed E-state index contributed by atoms with van der Waals surface area (Å²) in [5.41, 5.74) is 0.528. The van der Waals surface area contributed by atoms with Crippen molar-refractivity contribution in [1.82, 2.24) is 5.32 Å². The van der Waals surface area contributed by atoms with Crippen LogP contribution in [0.2, 0.25) is 0 Å². The van der Waals surface area contributed by atoms with Crippen molar-refractivity contribution >= 4 is 18.4 Å². The second-order valence-corrected chi connectivity index (χ2v) is 2.66. The van der Waals surface area contributed by atoms with Gasteiger partial charge in [0.1, 0.15) is 6.17 Å². The molecule has 0 aromatic carbocycles. The summed E-state index contributed by atoms with van der Waals surface area (Å²) in [7, 11) is 1.29. The maximum atomic E-state index is 13.0. The molecule has 0 spiro atoms. The SMILES string of the molecule is COC(=O)C=C1CCNCC1F.Cl. The van der Waals surface area contributed by atoms with E-state index in [2.05, 4.69) is 10.1 Å². The molecule has 3 nitrogen and oxygen atoms in total. The second kappa shape index (κ2) is 5.94. The van der Waals surface area contributed by atoms with Crippen molar-refractivity contribution in [1.29, 1.82) is 0 Å². The number of methoxy groups -OCH3 is 1.